The molecule has 1 fully saturated rings. The highest BCUT2D eigenvalue weighted by Crippen LogP contribution is 2.25. The SMILES string of the molecule is NC(=S)c1ccc(S(=O)(=O)NCC2CCC2)cn1. The lowest BCUT2D eigenvalue weighted by Crippen LogP contribution is -2.32. The van der Waals surface area contributed by atoms with Crippen LogP contribution in [0.15, 0.2) is 23.2 Å². The van der Waals surface area contributed by atoms with Gasteiger partial charge < -0.3 is 5.73 Å². The second-order valence-corrected chi connectivity index (χ2v) is 6.60. The zero-order valence-electron chi connectivity index (χ0n) is 9.80. The summed E-state index contributed by atoms with van der Waals surface area (Å²) in [4.78, 5) is 4.21. The lowest BCUT2D eigenvalue weighted by atomic mass is 9.86. The first-order valence-electron chi connectivity index (χ1n) is 5.74. The molecule has 0 unspecified atom stereocenters. The van der Waals surface area contributed by atoms with Crippen molar-refractivity contribution in [2.75, 3.05) is 6.54 Å². The minimum atomic E-state index is -3.47. The van der Waals surface area contributed by atoms with Crippen LogP contribution in [0, 0.1) is 5.92 Å². The van der Waals surface area contributed by atoms with Crippen LogP contribution in [0.5, 0.6) is 0 Å². The van der Waals surface area contributed by atoms with Gasteiger partial charge in [-0.1, -0.05) is 18.6 Å². The first kappa shape index (κ1) is 13.4. The molecule has 1 heterocycles. The highest BCUT2D eigenvalue weighted by Gasteiger charge is 2.21. The molecule has 98 valence electrons. The quantitative estimate of drug-likeness (QED) is 0.781. The van der Waals surface area contributed by atoms with Crippen LogP contribution >= 0.6 is 12.2 Å². The molecular formula is C11H15N3O2S2. The van der Waals surface area contributed by atoms with Crippen LogP contribution in [0.3, 0.4) is 0 Å². The molecule has 7 heteroatoms. The van der Waals surface area contributed by atoms with Crippen molar-refractivity contribution >= 4 is 27.2 Å². The van der Waals surface area contributed by atoms with Crippen molar-refractivity contribution in [2.45, 2.75) is 24.2 Å². The summed E-state index contributed by atoms with van der Waals surface area (Å²) in [7, 11) is -3.47. The van der Waals surface area contributed by atoms with Gasteiger partial charge in [0.1, 0.15) is 9.88 Å². The Morgan fingerprint density at radius 3 is 2.67 bits per heavy atom. The molecule has 0 saturated heterocycles. The highest BCUT2D eigenvalue weighted by atomic mass is 32.2. The molecule has 0 amide bonds. The van der Waals surface area contributed by atoms with E-state index < -0.39 is 10.0 Å². The smallest absolute Gasteiger partial charge is 0.242 e. The van der Waals surface area contributed by atoms with E-state index in [9.17, 15) is 8.42 Å². The lowest BCUT2D eigenvalue weighted by molar-refractivity contribution is 0.316. The van der Waals surface area contributed by atoms with Gasteiger partial charge >= 0.3 is 0 Å². The Bertz CT molecular complexity index is 536. The molecule has 2 rings (SSSR count). The average Bonchev–Trinajstić information content (AvgIpc) is 2.27. The number of nitrogens with one attached hydrogen (secondary N) is 1. The molecular weight excluding hydrogens is 270 g/mol. The van der Waals surface area contributed by atoms with Crippen LogP contribution < -0.4 is 10.5 Å². The van der Waals surface area contributed by atoms with E-state index in [0.717, 1.165) is 12.8 Å². The minimum absolute atomic E-state index is 0.141. The van der Waals surface area contributed by atoms with Gasteiger partial charge in [0.25, 0.3) is 0 Å². The standard InChI is InChI=1S/C11H15N3O2S2/c12-11(17)10-5-4-9(7-13-10)18(15,16)14-6-8-2-1-3-8/h4-5,7-8,14H,1-3,6H2,(H2,12,17). The lowest BCUT2D eigenvalue weighted by Gasteiger charge is -2.25. The van der Waals surface area contributed by atoms with Gasteiger partial charge in [-0.3, -0.25) is 4.98 Å². The first-order valence-corrected chi connectivity index (χ1v) is 7.64. The van der Waals surface area contributed by atoms with Gasteiger partial charge in [0.2, 0.25) is 10.0 Å². The van der Waals surface area contributed by atoms with Gasteiger partial charge in [-0.25, -0.2) is 13.1 Å². The normalized spacial score (nSPS) is 16.2. The van der Waals surface area contributed by atoms with Crippen LogP contribution in [0.2, 0.25) is 0 Å². The molecule has 18 heavy (non-hydrogen) atoms. The van der Waals surface area contributed by atoms with Crippen LogP contribution in [0.4, 0.5) is 0 Å². The molecule has 1 aliphatic rings. The molecule has 3 N–H and O–H groups in total. The number of pyridine rings is 1. The average molecular weight is 285 g/mol. The van der Waals surface area contributed by atoms with Crippen molar-refractivity contribution in [2.24, 2.45) is 11.7 Å². The fraction of sp³-hybridized carbons (Fsp3) is 0.455. The van der Waals surface area contributed by atoms with Crippen molar-refractivity contribution < 1.29 is 8.42 Å². The largest absolute Gasteiger partial charge is 0.388 e. The van der Waals surface area contributed by atoms with Gasteiger partial charge in [0, 0.05) is 12.7 Å². The second kappa shape index (κ2) is 5.29. The number of hydrogen-bond donors (Lipinski definition) is 2. The molecule has 1 aromatic rings. The predicted molar refractivity (Wildman–Crippen MR) is 72.7 cm³/mol. The fourth-order valence-electron chi connectivity index (χ4n) is 1.69. The summed E-state index contributed by atoms with van der Waals surface area (Å²) >= 11 is 4.76. The molecule has 0 aliphatic heterocycles. The van der Waals surface area contributed by atoms with Crippen molar-refractivity contribution in [1.82, 2.24) is 9.71 Å². The zero-order chi connectivity index (χ0) is 13.2. The number of nitrogens with zero attached hydrogens (tertiary/aromatic N) is 1. The van der Waals surface area contributed by atoms with Crippen molar-refractivity contribution in [3.63, 3.8) is 0 Å². The number of thiocarbonyl (C=S) groups is 1. The summed E-state index contributed by atoms with van der Waals surface area (Å²) in [6.45, 7) is 0.499. The Labute approximate surface area is 112 Å². The van der Waals surface area contributed by atoms with Crippen molar-refractivity contribution in [1.29, 1.82) is 0 Å². The second-order valence-electron chi connectivity index (χ2n) is 4.39. The van der Waals surface area contributed by atoms with Gasteiger partial charge in [-0.2, -0.15) is 0 Å². The Balaban J connectivity index is 2.06. The van der Waals surface area contributed by atoms with E-state index in [0.29, 0.717) is 18.2 Å². The van der Waals surface area contributed by atoms with E-state index >= 15 is 0 Å². The predicted octanol–water partition coefficient (Wildman–Crippen LogP) is 0.794. The topological polar surface area (TPSA) is 85.1 Å². The maximum Gasteiger partial charge on any atom is 0.242 e. The molecule has 0 aromatic carbocycles. The minimum Gasteiger partial charge on any atom is -0.388 e. The van der Waals surface area contributed by atoms with Crippen LogP contribution in [0.25, 0.3) is 0 Å². The maximum atomic E-state index is 11.9. The Morgan fingerprint density at radius 1 is 1.50 bits per heavy atom. The molecule has 1 aromatic heterocycles. The van der Waals surface area contributed by atoms with Gasteiger partial charge in [-0.15, -0.1) is 0 Å². The number of hydrogen-bond acceptors (Lipinski definition) is 4. The molecule has 1 aliphatic carbocycles. The van der Waals surface area contributed by atoms with Crippen LogP contribution in [0.1, 0.15) is 25.0 Å². The number of rotatable bonds is 5. The first-order chi connectivity index (χ1) is 8.49. The van der Waals surface area contributed by atoms with Crippen molar-refractivity contribution in [3.8, 4) is 0 Å². The van der Waals surface area contributed by atoms with Crippen LogP contribution in [-0.4, -0.2) is 24.9 Å². The molecule has 0 bridgehead atoms. The van der Waals surface area contributed by atoms with E-state index in [1.165, 1.54) is 24.8 Å². The van der Waals surface area contributed by atoms with Crippen LogP contribution in [-0.2, 0) is 10.0 Å². The summed E-state index contributed by atoms with van der Waals surface area (Å²) in [5, 5.41) is 0. The molecule has 0 atom stereocenters. The number of aromatic nitrogens is 1. The third kappa shape index (κ3) is 3.04. The molecule has 0 radical (unpaired) electrons. The Kier molecular flexibility index (Phi) is 3.94. The molecule has 1 saturated carbocycles. The van der Waals surface area contributed by atoms with E-state index in [1.54, 1.807) is 0 Å². The van der Waals surface area contributed by atoms with E-state index in [4.69, 9.17) is 18.0 Å². The van der Waals surface area contributed by atoms with Crippen molar-refractivity contribution in [3.05, 3.63) is 24.0 Å². The fourth-order valence-corrected chi connectivity index (χ4v) is 2.87. The summed E-state index contributed by atoms with van der Waals surface area (Å²) in [5.41, 5.74) is 5.82. The summed E-state index contributed by atoms with van der Waals surface area (Å²) < 4.78 is 26.5. The molecule has 5 nitrogen and oxygen atoms in total. The highest BCUT2D eigenvalue weighted by molar-refractivity contribution is 7.89. The number of nitrogens with two attached hydrogens (primary N) is 1. The monoisotopic (exact) mass is 285 g/mol. The third-order valence-electron chi connectivity index (χ3n) is 3.09. The number of sulfonamides is 1. The van der Waals surface area contributed by atoms with E-state index in [-0.39, 0.29) is 9.88 Å². The van der Waals surface area contributed by atoms with E-state index in [1.807, 2.05) is 0 Å². The van der Waals surface area contributed by atoms with Gasteiger partial charge in [0.15, 0.2) is 0 Å². The third-order valence-corrected chi connectivity index (χ3v) is 4.70. The summed E-state index contributed by atoms with van der Waals surface area (Å²) in [6, 6.07) is 2.98. The maximum absolute atomic E-state index is 11.9. The Morgan fingerprint density at radius 2 is 2.22 bits per heavy atom. The summed E-state index contributed by atoms with van der Waals surface area (Å²) in [6.07, 6.45) is 4.66. The van der Waals surface area contributed by atoms with Gasteiger partial charge in [-0.05, 0) is 30.9 Å². The van der Waals surface area contributed by atoms with E-state index in [2.05, 4.69) is 9.71 Å². The molecule has 0 spiro atoms. The Hall–Kier alpha value is -1.05. The van der Waals surface area contributed by atoms with Gasteiger partial charge in [0.05, 0.1) is 5.69 Å². The summed E-state index contributed by atoms with van der Waals surface area (Å²) in [5.74, 6) is 0.476. The zero-order valence-corrected chi connectivity index (χ0v) is 11.4.